The zero-order chi connectivity index (χ0) is 14.5. The van der Waals surface area contributed by atoms with E-state index in [2.05, 4.69) is 0 Å². The van der Waals surface area contributed by atoms with Crippen LogP contribution in [-0.2, 0) is 9.47 Å². The Bertz CT molecular complexity index is 603. The second kappa shape index (κ2) is 6.52. The summed E-state index contributed by atoms with van der Waals surface area (Å²) in [5, 5.41) is 0. The van der Waals surface area contributed by atoms with Crippen molar-refractivity contribution in [2.45, 2.75) is 6.10 Å². The Kier molecular flexibility index (Phi) is 4.28. The Balaban J connectivity index is 1.80. The molecular weight excluding hydrogens is 268 g/mol. The van der Waals surface area contributed by atoms with Crippen LogP contribution < -0.4 is 4.74 Å². The monoisotopic (exact) mass is 284 g/mol. The standard InChI is InChI=1S/C17H16O4/c18-17(13-6-2-1-3-7-13)21-15-9-5-4-8-14(15)16-12-19-10-11-20-16/h1-9,16H,10-12H2. The van der Waals surface area contributed by atoms with E-state index in [4.69, 9.17) is 14.2 Å². The summed E-state index contributed by atoms with van der Waals surface area (Å²) in [6.45, 7) is 1.62. The van der Waals surface area contributed by atoms with E-state index in [1.807, 2.05) is 24.3 Å². The summed E-state index contributed by atoms with van der Waals surface area (Å²) in [5.41, 5.74) is 1.36. The minimum absolute atomic E-state index is 0.196. The van der Waals surface area contributed by atoms with E-state index in [-0.39, 0.29) is 12.1 Å². The van der Waals surface area contributed by atoms with Gasteiger partial charge in [0.05, 0.1) is 25.4 Å². The van der Waals surface area contributed by atoms with Crippen molar-refractivity contribution in [2.24, 2.45) is 0 Å². The van der Waals surface area contributed by atoms with Crippen LogP contribution in [0.4, 0.5) is 0 Å². The maximum atomic E-state index is 12.2. The van der Waals surface area contributed by atoms with Gasteiger partial charge in [-0.25, -0.2) is 4.79 Å². The number of benzene rings is 2. The third-order valence-electron chi connectivity index (χ3n) is 3.29. The summed E-state index contributed by atoms with van der Waals surface area (Å²) in [6.07, 6.45) is -0.196. The fraction of sp³-hybridized carbons (Fsp3) is 0.235. The molecular formula is C17H16O4. The van der Waals surface area contributed by atoms with Gasteiger partial charge in [-0.3, -0.25) is 0 Å². The first kappa shape index (κ1) is 13.8. The molecule has 2 aromatic rings. The SMILES string of the molecule is O=C(Oc1ccccc1C1COCCO1)c1ccccc1. The molecule has 0 N–H and O–H groups in total. The molecule has 0 aromatic heterocycles. The van der Waals surface area contributed by atoms with Gasteiger partial charge in [-0.05, 0) is 18.2 Å². The minimum Gasteiger partial charge on any atom is -0.423 e. The fourth-order valence-corrected chi connectivity index (χ4v) is 2.24. The van der Waals surface area contributed by atoms with Gasteiger partial charge in [0, 0.05) is 5.56 Å². The molecule has 1 heterocycles. The van der Waals surface area contributed by atoms with E-state index < -0.39 is 0 Å². The molecule has 1 aliphatic heterocycles. The molecule has 2 aromatic carbocycles. The van der Waals surface area contributed by atoms with Crippen molar-refractivity contribution in [2.75, 3.05) is 19.8 Å². The van der Waals surface area contributed by atoms with Crippen molar-refractivity contribution in [1.29, 1.82) is 0 Å². The third-order valence-corrected chi connectivity index (χ3v) is 3.29. The molecule has 0 spiro atoms. The lowest BCUT2D eigenvalue weighted by atomic mass is 10.1. The van der Waals surface area contributed by atoms with Crippen molar-refractivity contribution < 1.29 is 19.0 Å². The summed E-state index contributed by atoms with van der Waals surface area (Å²) in [5.74, 6) is 0.140. The highest BCUT2D eigenvalue weighted by Gasteiger charge is 2.21. The zero-order valence-electron chi connectivity index (χ0n) is 11.5. The van der Waals surface area contributed by atoms with Crippen LogP contribution in [0.3, 0.4) is 0 Å². The lowest BCUT2D eigenvalue weighted by Gasteiger charge is -2.24. The molecule has 1 fully saturated rings. The Labute approximate surface area is 123 Å². The largest absolute Gasteiger partial charge is 0.423 e. The van der Waals surface area contributed by atoms with Gasteiger partial charge in [-0.2, -0.15) is 0 Å². The normalized spacial score (nSPS) is 18.2. The number of para-hydroxylation sites is 1. The highest BCUT2D eigenvalue weighted by Crippen LogP contribution is 2.29. The molecule has 1 saturated heterocycles. The maximum Gasteiger partial charge on any atom is 0.343 e. The number of ether oxygens (including phenoxy) is 3. The van der Waals surface area contributed by atoms with Crippen LogP contribution in [-0.4, -0.2) is 25.8 Å². The Hall–Kier alpha value is -2.17. The first-order valence-corrected chi connectivity index (χ1v) is 6.90. The maximum absolute atomic E-state index is 12.2. The Morgan fingerprint density at radius 3 is 2.52 bits per heavy atom. The molecule has 21 heavy (non-hydrogen) atoms. The molecule has 3 rings (SSSR count). The number of esters is 1. The third kappa shape index (κ3) is 3.29. The molecule has 1 unspecified atom stereocenters. The number of carbonyl (C=O) groups is 1. The average Bonchev–Trinajstić information content (AvgIpc) is 2.57. The van der Waals surface area contributed by atoms with Crippen LogP contribution in [0.1, 0.15) is 22.0 Å². The molecule has 108 valence electrons. The topological polar surface area (TPSA) is 44.8 Å². The lowest BCUT2D eigenvalue weighted by Crippen LogP contribution is -2.23. The first-order valence-electron chi connectivity index (χ1n) is 6.90. The van der Waals surface area contributed by atoms with Crippen LogP contribution in [0, 0.1) is 0 Å². The Morgan fingerprint density at radius 1 is 1.00 bits per heavy atom. The Morgan fingerprint density at radius 2 is 1.76 bits per heavy atom. The van der Waals surface area contributed by atoms with E-state index in [9.17, 15) is 4.79 Å². The quantitative estimate of drug-likeness (QED) is 0.642. The molecule has 0 amide bonds. The zero-order valence-corrected chi connectivity index (χ0v) is 11.5. The number of carbonyl (C=O) groups excluding carboxylic acids is 1. The summed E-state index contributed by atoms with van der Waals surface area (Å²) in [4.78, 5) is 12.2. The van der Waals surface area contributed by atoms with Gasteiger partial charge in [0.15, 0.2) is 0 Å². The van der Waals surface area contributed by atoms with E-state index in [0.29, 0.717) is 31.1 Å². The smallest absolute Gasteiger partial charge is 0.343 e. The highest BCUT2D eigenvalue weighted by molar-refractivity contribution is 5.91. The first-order chi connectivity index (χ1) is 10.3. The van der Waals surface area contributed by atoms with Gasteiger partial charge in [-0.1, -0.05) is 36.4 Å². The van der Waals surface area contributed by atoms with Crippen LogP contribution in [0.15, 0.2) is 54.6 Å². The van der Waals surface area contributed by atoms with Crippen molar-refractivity contribution in [3.63, 3.8) is 0 Å². The predicted octanol–water partition coefficient (Wildman–Crippen LogP) is 2.99. The molecule has 1 atom stereocenters. The van der Waals surface area contributed by atoms with E-state index in [1.54, 1.807) is 30.3 Å². The van der Waals surface area contributed by atoms with E-state index >= 15 is 0 Å². The molecule has 0 aliphatic carbocycles. The lowest BCUT2D eigenvalue weighted by molar-refractivity contribution is -0.0907. The summed E-state index contributed by atoms with van der Waals surface area (Å²) in [7, 11) is 0. The van der Waals surface area contributed by atoms with Crippen LogP contribution in [0.25, 0.3) is 0 Å². The van der Waals surface area contributed by atoms with Gasteiger partial charge in [0.25, 0.3) is 0 Å². The van der Waals surface area contributed by atoms with Crippen LogP contribution in [0.2, 0.25) is 0 Å². The number of hydrogen-bond donors (Lipinski definition) is 0. The summed E-state index contributed by atoms with van der Waals surface area (Å²) >= 11 is 0. The van der Waals surface area contributed by atoms with Gasteiger partial charge in [-0.15, -0.1) is 0 Å². The van der Waals surface area contributed by atoms with Crippen LogP contribution >= 0.6 is 0 Å². The average molecular weight is 284 g/mol. The second-order valence-electron chi connectivity index (χ2n) is 4.73. The second-order valence-corrected chi connectivity index (χ2v) is 4.73. The molecule has 1 aliphatic rings. The molecule has 4 heteroatoms. The van der Waals surface area contributed by atoms with Crippen molar-refractivity contribution in [3.05, 3.63) is 65.7 Å². The van der Waals surface area contributed by atoms with Crippen molar-refractivity contribution >= 4 is 5.97 Å². The van der Waals surface area contributed by atoms with Gasteiger partial charge >= 0.3 is 5.97 Å². The summed E-state index contributed by atoms with van der Waals surface area (Å²) < 4.78 is 16.6. The fourth-order valence-electron chi connectivity index (χ4n) is 2.24. The number of hydrogen-bond acceptors (Lipinski definition) is 4. The highest BCUT2D eigenvalue weighted by atomic mass is 16.6. The van der Waals surface area contributed by atoms with Crippen molar-refractivity contribution in [1.82, 2.24) is 0 Å². The van der Waals surface area contributed by atoms with E-state index in [1.165, 1.54) is 0 Å². The number of rotatable bonds is 3. The molecule has 0 saturated carbocycles. The van der Waals surface area contributed by atoms with Gasteiger partial charge in [0.1, 0.15) is 11.9 Å². The molecule has 0 bridgehead atoms. The summed E-state index contributed by atoms with van der Waals surface area (Å²) in [6, 6.07) is 16.3. The van der Waals surface area contributed by atoms with Crippen LogP contribution in [0.5, 0.6) is 5.75 Å². The van der Waals surface area contributed by atoms with Gasteiger partial charge in [0.2, 0.25) is 0 Å². The van der Waals surface area contributed by atoms with Crippen molar-refractivity contribution in [3.8, 4) is 5.75 Å². The predicted molar refractivity (Wildman–Crippen MR) is 77.4 cm³/mol. The van der Waals surface area contributed by atoms with E-state index in [0.717, 1.165) is 5.56 Å². The molecule has 4 nitrogen and oxygen atoms in total. The minimum atomic E-state index is -0.375. The molecule has 0 radical (unpaired) electrons. The van der Waals surface area contributed by atoms with Gasteiger partial charge < -0.3 is 14.2 Å².